The molecule has 156 valence electrons. The highest BCUT2D eigenvalue weighted by molar-refractivity contribution is 6.31. The van der Waals surface area contributed by atoms with Gasteiger partial charge < -0.3 is 15.5 Å². The van der Waals surface area contributed by atoms with Gasteiger partial charge in [0.1, 0.15) is 11.6 Å². The van der Waals surface area contributed by atoms with Gasteiger partial charge in [0.2, 0.25) is 5.78 Å². The number of halogens is 2. The van der Waals surface area contributed by atoms with Crippen molar-refractivity contribution in [3.63, 3.8) is 0 Å². The lowest BCUT2D eigenvalue weighted by Crippen LogP contribution is -2.16. The molecule has 1 amide bonds. The minimum Gasteiger partial charge on any atom is -0.485 e. The molecule has 0 unspecified atom stereocenters. The fourth-order valence-electron chi connectivity index (χ4n) is 3.88. The topological polar surface area (TPSA) is 85.2 Å². The van der Waals surface area contributed by atoms with Crippen LogP contribution in [0.5, 0.6) is 5.75 Å². The third-order valence-corrected chi connectivity index (χ3v) is 5.88. The molecule has 7 heteroatoms. The fraction of sp³-hybridized carbons (Fsp3) is 0.167. The van der Waals surface area contributed by atoms with Crippen LogP contribution in [-0.2, 0) is 0 Å². The minimum atomic E-state index is -0.675. The molecule has 0 aliphatic heterocycles. The SMILES string of the molecule is NC(=O)c1cc2cc(Cl)ccc2cc1OCC(=O)c1c[nH]c2cc(C3CC3)c(F)cc12. The molecule has 5 rings (SSSR count). The van der Waals surface area contributed by atoms with E-state index in [0.29, 0.717) is 27.1 Å². The first-order valence-corrected chi connectivity index (χ1v) is 10.3. The molecule has 31 heavy (non-hydrogen) atoms. The van der Waals surface area contributed by atoms with Gasteiger partial charge >= 0.3 is 0 Å². The van der Waals surface area contributed by atoms with Gasteiger partial charge in [-0.2, -0.15) is 0 Å². The van der Waals surface area contributed by atoms with Gasteiger partial charge in [-0.25, -0.2) is 4.39 Å². The Balaban J connectivity index is 1.43. The number of benzene rings is 3. The van der Waals surface area contributed by atoms with E-state index < -0.39 is 5.91 Å². The molecule has 1 fully saturated rings. The second-order valence-corrected chi connectivity index (χ2v) is 8.25. The molecule has 4 aromatic rings. The summed E-state index contributed by atoms with van der Waals surface area (Å²) < 4.78 is 20.2. The first-order valence-electron chi connectivity index (χ1n) is 9.90. The van der Waals surface area contributed by atoms with Gasteiger partial charge in [-0.05, 0) is 71.5 Å². The number of hydrogen-bond donors (Lipinski definition) is 2. The predicted molar refractivity (Wildman–Crippen MR) is 118 cm³/mol. The Morgan fingerprint density at radius 2 is 1.90 bits per heavy atom. The highest BCUT2D eigenvalue weighted by Crippen LogP contribution is 2.42. The Morgan fingerprint density at radius 3 is 2.65 bits per heavy atom. The molecule has 0 spiro atoms. The van der Waals surface area contributed by atoms with Crippen molar-refractivity contribution in [2.45, 2.75) is 18.8 Å². The summed E-state index contributed by atoms with van der Waals surface area (Å²) in [6.45, 7) is -0.321. The number of aromatic nitrogens is 1. The first-order chi connectivity index (χ1) is 14.9. The zero-order valence-corrected chi connectivity index (χ0v) is 17.1. The van der Waals surface area contributed by atoms with Crippen molar-refractivity contribution >= 4 is 45.0 Å². The molecule has 1 aromatic heterocycles. The number of nitrogens with one attached hydrogen (secondary N) is 1. The Kier molecular flexibility index (Phi) is 4.67. The third-order valence-electron chi connectivity index (χ3n) is 5.64. The Morgan fingerprint density at radius 1 is 1.10 bits per heavy atom. The molecule has 3 N–H and O–H groups in total. The van der Waals surface area contributed by atoms with Gasteiger partial charge in [0, 0.05) is 27.7 Å². The van der Waals surface area contributed by atoms with Gasteiger partial charge in [0.25, 0.3) is 5.91 Å². The molecular weight excluding hydrogens is 419 g/mol. The normalized spacial score (nSPS) is 13.6. The molecule has 0 bridgehead atoms. The zero-order chi connectivity index (χ0) is 21.7. The lowest BCUT2D eigenvalue weighted by atomic mass is 10.0. The maximum Gasteiger partial charge on any atom is 0.252 e. The van der Waals surface area contributed by atoms with Crippen LogP contribution < -0.4 is 10.5 Å². The van der Waals surface area contributed by atoms with Crippen molar-refractivity contribution in [2.75, 3.05) is 6.61 Å². The van der Waals surface area contributed by atoms with Crippen molar-refractivity contribution in [2.24, 2.45) is 5.73 Å². The Labute approximate surface area is 181 Å². The highest BCUT2D eigenvalue weighted by Gasteiger charge is 2.27. The number of nitrogens with two attached hydrogens (primary N) is 1. The van der Waals surface area contributed by atoms with E-state index in [4.69, 9.17) is 22.1 Å². The molecule has 0 saturated heterocycles. The second kappa shape index (κ2) is 7.39. The van der Waals surface area contributed by atoms with Gasteiger partial charge in [-0.15, -0.1) is 0 Å². The molecule has 0 atom stereocenters. The number of aromatic amines is 1. The number of carbonyl (C=O) groups excluding carboxylic acids is 2. The standard InChI is InChI=1S/C24H18ClFN2O3/c25-15-4-3-13-7-23(18(24(27)30)6-14(13)5-15)31-11-22(29)19-10-28-21-9-16(12-1-2-12)20(26)8-17(19)21/h3-10,12,28H,1-2,11H2,(H2,27,30). The average molecular weight is 437 g/mol. The van der Waals surface area contributed by atoms with Crippen molar-refractivity contribution in [3.05, 3.63) is 76.2 Å². The molecule has 1 aliphatic rings. The molecule has 1 heterocycles. The lowest BCUT2D eigenvalue weighted by molar-refractivity contribution is 0.0914. The molecule has 0 radical (unpaired) electrons. The molecule has 1 aliphatic carbocycles. The van der Waals surface area contributed by atoms with Crippen LogP contribution >= 0.6 is 11.6 Å². The Hall–Kier alpha value is -3.38. The number of fused-ring (bicyclic) bond motifs is 2. The molecule has 3 aromatic carbocycles. The number of ether oxygens (including phenoxy) is 1. The van der Waals surface area contributed by atoms with Crippen LogP contribution in [0.2, 0.25) is 5.02 Å². The first kappa shape index (κ1) is 19.6. The quantitative estimate of drug-likeness (QED) is 0.399. The molecular formula is C24H18ClFN2O3. The molecule has 1 saturated carbocycles. The van der Waals surface area contributed by atoms with E-state index in [9.17, 15) is 14.0 Å². The van der Waals surface area contributed by atoms with Crippen molar-refractivity contribution in [1.82, 2.24) is 4.98 Å². The number of hydrogen-bond acceptors (Lipinski definition) is 3. The minimum absolute atomic E-state index is 0.154. The number of amides is 1. The Bertz CT molecular complexity index is 1370. The lowest BCUT2D eigenvalue weighted by Gasteiger charge is -2.11. The number of primary amides is 1. The van der Waals surface area contributed by atoms with Crippen LogP contribution in [0.25, 0.3) is 21.7 Å². The van der Waals surface area contributed by atoms with Crippen LogP contribution in [-0.4, -0.2) is 23.3 Å². The monoisotopic (exact) mass is 436 g/mol. The maximum absolute atomic E-state index is 14.5. The summed E-state index contributed by atoms with van der Waals surface area (Å²) in [5.41, 5.74) is 7.39. The summed E-state index contributed by atoms with van der Waals surface area (Å²) in [5, 5.41) is 2.57. The van der Waals surface area contributed by atoms with E-state index in [1.54, 1.807) is 42.6 Å². The summed E-state index contributed by atoms with van der Waals surface area (Å²) >= 11 is 6.02. The zero-order valence-electron chi connectivity index (χ0n) is 16.4. The maximum atomic E-state index is 14.5. The van der Waals surface area contributed by atoms with E-state index >= 15 is 0 Å². The smallest absolute Gasteiger partial charge is 0.252 e. The number of H-pyrrole nitrogens is 1. The van der Waals surface area contributed by atoms with Crippen LogP contribution in [0.15, 0.2) is 48.7 Å². The summed E-state index contributed by atoms with van der Waals surface area (Å²) in [6.07, 6.45) is 3.54. The van der Waals surface area contributed by atoms with E-state index in [1.807, 2.05) is 0 Å². The number of carbonyl (C=O) groups is 2. The van der Waals surface area contributed by atoms with Crippen LogP contribution in [0.4, 0.5) is 4.39 Å². The van der Waals surface area contributed by atoms with Crippen LogP contribution in [0.3, 0.4) is 0 Å². The summed E-state index contributed by atoms with van der Waals surface area (Å²) in [6, 6.07) is 11.6. The van der Waals surface area contributed by atoms with E-state index in [0.717, 1.165) is 23.6 Å². The largest absolute Gasteiger partial charge is 0.485 e. The van der Waals surface area contributed by atoms with E-state index in [2.05, 4.69) is 4.98 Å². The number of ketones is 1. The third kappa shape index (κ3) is 3.64. The van der Waals surface area contributed by atoms with E-state index in [-0.39, 0.29) is 35.4 Å². The van der Waals surface area contributed by atoms with Crippen LogP contribution in [0.1, 0.15) is 45.0 Å². The van der Waals surface area contributed by atoms with E-state index in [1.165, 1.54) is 6.07 Å². The van der Waals surface area contributed by atoms with Crippen molar-refractivity contribution in [3.8, 4) is 5.75 Å². The fourth-order valence-corrected chi connectivity index (χ4v) is 4.06. The second-order valence-electron chi connectivity index (χ2n) is 7.81. The van der Waals surface area contributed by atoms with Gasteiger partial charge in [-0.3, -0.25) is 9.59 Å². The number of Topliss-reactive ketones (excluding diaryl/α,β-unsaturated/α-hetero) is 1. The summed E-state index contributed by atoms with van der Waals surface area (Å²) in [5.74, 6) is -0.834. The molecule has 5 nitrogen and oxygen atoms in total. The van der Waals surface area contributed by atoms with Gasteiger partial charge in [0.05, 0.1) is 5.56 Å². The van der Waals surface area contributed by atoms with Gasteiger partial charge in [0.15, 0.2) is 6.61 Å². The van der Waals surface area contributed by atoms with Crippen molar-refractivity contribution < 1.29 is 18.7 Å². The summed E-state index contributed by atoms with van der Waals surface area (Å²) in [7, 11) is 0. The van der Waals surface area contributed by atoms with Crippen LogP contribution in [0, 0.1) is 5.82 Å². The average Bonchev–Trinajstić information content (AvgIpc) is 3.50. The van der Waals surface area contributed by atoms with Crippen molar-refractivity contribution in [1.29, 1.82) is 0 Å². The number of rotatable bonds is 6. The summed E-state index contributed by atoms with van der Waals surface area (Å²) in [4.78, 5) is 27.8. The van der Waals surface area contributed by atoms with Gasteiger partial charge in [-0.1, -0.05) is 17.7 Å². The predicted octanol–water partition coefficient (Wildman–Crippen LogP) is 5.35. The highest BCUT2D eigenvalue weighted by atomic mass is 35.5.